The summed E-state index contributed by atoms with van der Waals surface area (Å²) in [6.07, 6.45) is 5.25. The van der Waals surface area contributed by atoms with Gasteiger partial charge >= 0.3 is 6.03 Å². The van der Waals surface area contributed by atoms with E-state index in [1.807, 2.05) is 12.1 Å². The number of hydrogen-bond acceptors (Lipinski definition) is 6. The minimum Gasteiger partial charge on any atom is -0.382 e. The first-order chi connectivity index (χ1) is 13.8. The Morgan fingerprint density at radius 2 is 2.03 bits per heavy atom. The monoisotopic (exact) mass is 396 g/mol. The van der Waals surface area contributed by atoms with Gasteiger partial charge in [0, 0.05) is 37.2 Å². The summed E-state index contributed by atoms with van der Waals surface area (Å²) in [5.74, 6) is 0.727. The topological polar surface area (TPSA) is 125 Å². The fourth-order valence-electron chi connectivity index (χ4n) is 3.40. The fourth-order valence-corrected chi connectivity index (χ4v) is 3.40. The molecule has 1 atom stereocenters. The summed E-state index contributed by atoms with van der Waals surface area (Å²) in [5.41, 5.74) is 3.12. The predicted octanol–water partition coefficient (Wildman–Crippen LogP) is 2.85. The highest BCUT2D eigenvalue weighted by molar-refractivity contribution is 5.92. The van der Waals surface area contributed by atoms with Gasteiger partial charge in [-0.25, -0.2) is 19.7 Å². The number of amides is 2. The van der Waals surface area contributed by atoms with Crippen molar-refractivity contribution in [3.8, 4) is 11.1 Å². The average molecular weight is 396 g/mol. The summed E-state index contributed by atoms with van der Waals surface area (Å²) < 4.78 is 5.90. The van der Waals surface area contributed by atoms with Crippen LogP contribution in [0.4, 0.5) is 10.7 Å². The predicted molar refractivity (Wildman–Crippen MR) is 108 cm³/mol. The number of fused-ring (bicyclic) bond motifs is 1. The van der Waals surface area contributed by atoms with Gasteiger partial charge in [0.25, 0.3) is 0 Å². The van der Waals surface area contributed by atoms with E-state index in [4.69, 9.17) is 4.74 Å². The third-order valence-electron chi connectivity index (χ3n) is 4.88. The van der Waals surface area contributed by atoms with Gasteiger partial charge in [0.1, 0.15) is 5.60 Å². The Morgan fingerprint density at radius 3 is 2.66 bits per heavy atom. The van der Waals surface area contributed by atoms with Crippen molar-refractivity contribution in [1.82, 2.24) is 25.3 Å². The van der Waals surface area contributed by atoms with Gasteiger partial charge in [-0.05, 0) is 44.4 Å². The average Bonchev–Trinajstić information content (AvgIpc) is 3.36. The Kier molecular flexibility index (Phi) is 4.93. The zero-order chi connectivity index (χ0) is 20.6. The van der Waals surface area contributed by atoms with Gasteiger partial charge < -0.3 is 20.1 Å². The van der Waals surface area contributed by atoms with E-state index in [2.05, 4.69) is 30.6 Å². The number of aromatic amines is 1. The molecule has 3 heterocycles. The van der Waals surface area contributed by atoms with Crippen molar-refractivity contribution in [2.75, 3.05) is 19.0 Å². The van der Waals surface area contributed by atoms with Crippen molar-refractivity contribution in [3.05, 3.63) is 35.9 Å². The molecule has 0 unspecified atom stereocenters. The SMILES string of the molecule is CNC(=O)Nc1nc2c([C@H]3CCCO3)cc(-c3cnc(C(C)(C)O)nc3)cc2[nH]1. The van der Waals surface area contributed by atoms with Gasteiger partial charge in [-0.3, -0.25) is 5.32 Å². The van der Waals surface area contributed by atoms with Crippen LogP contribution in [0.25, 0.3) is 22.2 Å². The first kappa shape index (κ1) is 19.3. The summed E-state index contributed by atoms with van der Waals surface area (Å²) in [4.78, 5) is 28.0. The van der Waals surface area contributed by atoms with E-state index >= 15 is 0 Å². The largest absolute Gasteiger partial charge is 0.382 e. The van der Waals surface area contributed by atoms with E-state index in [-0.39, 0.29) is 12.1 Å². The molecule has 1 aliphatic heterocycles. The Hall–Kier alpha value is -3.04. The molecule has 0 spiro atoms. The maximum Gasteiger partial charge on any atom is 0.321 e. The number of nitrogens with one attached hydrogen (secondary N) is 3. The number of anilines is 1. The smallest absolute Gasteiger partial charge is 0.321 e. The summed E-state index contributed by atoms with van der Waals surface area (Å²) in [5, 5.41) is 15.3. The number of carbonyl (C=O) groups is 1. The molecule has 9 nitrogen and oxygen atoms in total. The number of aromatic nitrogens is 4. The number of aliphatic hydroxyl groups is 1. The Morgan fingerprint density at radius 1 is 1.28 bits per heavy atom. The molecule has 1 aliphatic rings. The summed E-state index contributed by atoms with van der Waals surface area (Å²) in [6, 6.07) is 3.63. The lowest BCUT2D eigenvalue weighted by Gasteiger charge is -2.16. The van der Waals surface area contributed by atoms with Crippen LogP contribution in [0.15, 0.2) is 24.5 Å². The van der Waals surface area contributed by atoms with Crippen molar-refractivity contribution in [3.63, 3.8) is 0 Å². The van der Waals surface area contributed by atoms with Crippen LogP contribution < -0.4 is 10.6 Å². The summed E-state index contributed by atoms with van der Waals surface area (Å²) in [7, 11) is 1.55. The van der Waals surface area contributed by atoms with E-state index in [0.717, 1.165) is 40.6 Å². The molecule has 3 aromatic rings. The van der Waals surface area contributed by atoms with Crippen LogP contribution in [0.5, 0.6) is 0 Å². The van der Waals surface area contributed by atoms with E-state index in [9.17, 15) is 9.90 Å². The van der Waals surface area contributed by atoms with Gasteiger partial charge in [-0.1, -0.05) is 0 Å². The number of hydrogen-bond donors (Lipinski definition) is 4. The van der Waals surface area contributed by atoms with Crippen LogP contribution >= 0.6 is 0 Å². The standard InChI is InChI=1S/C20H24N6O3/c1-20(2,28)17-22-9-12(10-23-17)11-7-13(15-5-4-6-29-15)16-14(8-11)24-18(25-16)26-19(27)21-3/h7-10,15,28H,4-6H2,1-3H3,(H3,21,24,25,26,27)/t15-/m1/s1. The maximum atomic E-state index is 11.7. The minimum absolute atomic E-state index is 0.0508. The van der Waals surface area contributed by atoms with E-state index < -0.39 is 5.60 Å². The molecule has 1 fully saturated rings. The number of carbonyl (C=O) groups excluding carboxylic acids is 1. The Labute approximate surface area is 167 Å². The fraction of sp³-hybridized carbons (Fsp3) is 0.400. The van der Waals surface area contributed by atoms with Crippen molar-refractivity contribution >= 4 is 23.0 Å². The molecule has 152 valence electrons. The first-order valence-electron chi connectivity index (χ1n) is 9.54. The normalized spacial score (nSPS) is 16.9. The molecule has 2 aromatic heterocycles. The maximum absolute atomic E-state index is 11.7. The number of H-pyrrole nitrogens is 1. The lowest BCUT2D eigenvalue weighted by Crippen LogP contribution is -2.24. The molecule has 1 saturated heterocycles. The van der Waals surface area contributed by atoms with Crippen LogP contribution in [-0.4, -0.2) is 44.7 Å². The van der Waals surface area contributed by atoms with E-state index in [1.54, 1.807) is 33.3 Å². The highest BCUT2D eigenvalue weighted by atomic mass is 16.5. The molecule has 2 amide bonds. The number of imidazole rings is 1. The number of nitrogens with zero attached hydrogens (tertiary/aromatic N) is 3. The first-order valence-corrected chi connectivity index (χ1v) is 9.54. The van der Waals surface area contributed by atoms with Crippen molar-refractivity contribution in [2.45, 2.75) is 38.4 Å². The van der Waals surface area contributed by atoms with Gasteiger partial charge in [0.05, 0.1) is 17.1 Å². The van der Waals surface area contributed by atoms with Gasteiger partial charge in [-0.15, -0.1) is 0 Å². The molecule has 4 N–H and O–H groups in total. The Balaban J connectivity index is 1.79. The minimum atomic E-state index is -1.10. The molecule has 9 heteroatoms. The molecular weight excluding hydrogens is 372 g/mol. The van der Waals surface area contributed by atoms with Crippen LogP contribution in [-0.2, 0) is 10.3 Å². The molecule has 0 saturated carbocycles. The molecular formula is C20H24N6O3. The highest BCUT2D eigenvalue weighted by Crippen LogP contribution is 2.36. The molecule has 4 rings (SSSR count). The third kappa shape index (κ3) is 3.92. The molecule has 0 bridgehead atoms. The summed E-state index contributed by atoms with van der Waals surface area (Å²) in [6.45, 7) is 4.01. The highest BCUT2D eigenvalue weighted by Gasteiger charge is 2.24. The van der Waals surface area contributed by atoms with Crippen LogP contribution in [0.1, 0.15) is 44.2 Å². The zero-order valence-electron chi connectivity index (χ0n) is 16.6. The summed E-state index contributed by atoms with van der Waals surface area (Å²) >= 11 is 0. The quantitative estimate of drug-likeness (QED) is 0.537. The molecule has 1 aromatic carbocycles. The zero-order valence-corrected chi connectivity index (χ0v) is 16.6. The van der Waals surface area contributed by atoms with Crippen LogP contribution in [0.3, 0.4) is 0 Å². The molecule has 0 aliphatic carbocycles. The second-order valence-corrected chi connectivity index (χ2v) is 7.61. The van der Waals surface area contributed by atoms with E-state index in [0.29, 0.717) is 18.4 Å². The van der Waals surface area contributed by atoms with Gasteiger partial charge in [0.2, 0.25) is 5.95 Å². The number of urea groups is 1. The van der Waals surface area contributed by atoms with Gasteiger partial charge in [0.15, 0.2) is 5.82 Å². The van der Waals surface area contributed by atoms with Crippen molar-refractivity contribution in [1.29, 1.82) is 0 Å². The number of rotatable bonds is 4. The second kappa shape index (κ2) is 7.41. The van der Waals surface area contributed by atoms with Gasteiger partial charge in [-0.2, -0.15) is 0 Å². The van der Waals surface area contributed by atoms with E-state index in [1.165, 1.54) is 0 Å². The molecule has 29 heavy (non-hydrogen) atoms. The van der Waals surface area contributed by atoms with Crippen molar-refractivity contribution < 1.29 is 14.6 Å². The van der Waals surface area contributed by atoms with Crippen molar-refractivity contribution in [2.24, 2.45) is 0 Å². The molecule has 0 radical (unpaired) electrons. The van der Waals surface area contributed by atoms with Crippen LogP contribution in [0, 0.1) is 0 Å². The Bertz CT molecular complexity index is 1030. The third-order valence-corrected chi connectivity index (χ3v) is 4.88. The lowest BCUT2D eigenvalue weighted by atomic mass is 9.99. The lowest BCUT2D eigenvalue weighted by molar-refractivity contribution is 0.0687. The number of benzene rings is 1. The number of ether oxygens (including phenoxy) is 1. The van der Waals surface area contributed by atoms with Crippen LogP contribution in [0.2, 0.25) is 0 Å². The second-order valence-electron chi connectivity index (χ2n) is 7.61.